The maximum Gasteiger partial charge on any atom is 0.328 e. The van der Waals surface area contributed by atoms with Crippen LogP contribution in [0.15, 0.2) is 18.3 Å². The van der Waals surface area contributed by atoms with Gasteiger partial charge in [-0.3, -0.25) is 4.79 Å². The van der Waals surface area contributed by atoms with E-state index in [0.29, 0.717) is 0 Å². The van der Waals surface area contributed by atoms with Crippen molar-refractivity contribution >= 4 is 11.9 Å². The van der Waals surface area contributed by atoms with E-state index < -0.39 is 17.9 Å². The second-order valence-corrected chi connectivity index (χ2v) is 4.28. The van der Waals surface area contributed by atoms with E-state index in [0.717, 1.165) is 0 Å². The number of nitrogens with zero attached hydrogens (tertiary/aromatic N) is 1. The van der Waals surface area contributed by atoms with Gasteiger partial charge in [0.05, 0.1) is 14.2 Å². The molecule has 0 aliphatic rings. The second-order valence-electron chi connectivity index (χ2n) is 4.28. The van der Waals surface area contributed by atoms with Gasteiger partial charge >= 0.3 is 5.97 Å². The van der Waals surface area contributed by atoms with Gasteiger partial charge in [0.15, 0.2) is 0 Å². The van der Waals surface area contributed by atoms with Gasteiger partial charge < -0.3 is 14.8 Å². The van der Waals surface area contributed by atoms with Crippen LogP contribution in [0, 0.1) is 5.92 Å². The average molecular weight is 266 g/mol. The number of rotatable bonds is 5. The fourth-order valence-electron chi connectivity index (χ4n) is 1.57. The summed E-state index contributed by atoms with van der Waals surface area (Å²) in [6.45, 7) is 3.64. The smallest absolute Gasteiger partial charge is 0.328 e. The topological polar surface area (TPSA) is 77.5 Å². The van der Waals surface area contributed by atoms with Crippen molar-refractivity contribution in [1.29, 1.82) is 0 Å². The fraction of sp³-hybridized carbons (Fsp3) is 0.462. The first-order valence-corrected chi connectivity index (χ1v) is 5.89. The summed E-state index contributed by atoms with van der Waals surface area (Å²) >= 11 is 0. The Morgan fingerprint density at radius 1 is 1.32 bits per heavy atom. The molecule has 1 amide bonds. The van der Waals surface area contributed by atoms with Gasteiger partial charge in [0.1, 0.15) is 11.6 Å². The number of carbonyl (C=O) groups excluding carboxylic acids is 2. The first-order valence-electron chi connectivity index (χ1n) is 5.89. The Bertz CT molecular complexity index is 460. The van der Waals surface area contributed by atoms with E-state index in [1.165, 1.54) is 20.4 Å². The molecule has 6 nitrogen and oxygen atoms in total. The van der Waals surface area contributed by atoms with Crippen molar-refractivity contribution < 1.29 is 19.1 Å². The molecule has 6 heteroatoms. The first-order chi connectivity index (χ1) is 9.01. The first kappa shape index (κ1) is 14.9. The SMILES string of the molecule is COC(=O)C(NC(=O)c1cccnc1OC)C(C)C. The Labute approximate surface area is 112 Å². The largest absolute Gasteiger partial charge is 0.480 e. The van der Waals surface area contributed by atoms with Crippen LogP contribution in [0.4, 0.5) is 0 Å². The van der Waals surface area contributed by atoms with Crippen LogP contribution in [0.5, 0.6) is 5.88 Å². The number of methoxy groups -OCH3 is 2. The van der Waals surface area contributed by atoms with Gasteiger partial charge in [0.25, 0.3) is 5.91 Å². The number of esters is 1. The number of amides is 1. The zero-order valence-electron chi connectivity index (χ0n) is 11.5. The Morgan fingerprint density at radius 2 is 2.00 bits per heavy atom. The number of carbonyl (C=O) groups is 2. The molecule has 1 aromatic heterocycles. The van der Waals surface area contributed by atoms with E-state index in [4.69, 9.17) is 4.74 Å². The van der Waals surface area contributed by atoms with Gasteiger partial charge in [-0.25, -0.2) is 9.78 Å². The fourth-order valence-corrected chi connectivity index (χ4v) is 1.57. The molecular formula is C13H18N2O4. The zero-order chi connectivity index (χ0) is 14.4. The van der Waals surface area contributed by atoms with Crippen LogP contribution >= 0.6 is 0 Å². The summed E-state index contributed by atoms with van der Waals surface area (Å²) in [6.07, 6.45) is 1.52. The van der Waals surface area contributed by atoms with Gasteiger partial charge in [0.2, 0.25) is 5.88 Å². The predicted octanol–water partition coefficient (Wildman–Crippen LogP) is 1.02. The third-order valence-electron chi connectivity index (χ3n) is 2.62. The van der Waals surface area contributed by atoms with Crippen LogP contribution in [0.25, 0.3) is 0 Å². The summed E-state index contributed by atoms with van der Waals surface area (Å²) in [5, 5.41) is 2.62. The average Bonchev–Trinajstić information content (AvgIpc) is 2.43. The maximum absolute atomic E-state index is 12.1. The van der Waals surface area contributed by atoms with E-state index in [2.05, 4.69) is 15.0 Å². The lowest BCUT2D eigenvalue weighted by molar-refractivity contribution is -0.144. The van der Waals surface area contributed by atoms with E-state index in [1.807, 2.05) is 13.8 Å². The molecule has 1 atom stereocenters. The number of nitrogens with one attached hydrogen (secondary N) is 1. The highest BCUT2D eigenvalue weighted by Gasteiger charge is 2.26. The van der Waals surface area contributed by atoms with Gasteiger partial charge in [-0.05, 0) is 18.1 Å². The molecule has 0 saturated carbocycles. The molecule has 0 radical (unpaired) electrons. The van der Waals surface area contributed by atoms with Crippen LogP contribution in [0.2, 0.25) is 0 Å². The summed E-state index contributed by atoms with van der Waals surface area (Å²) in [4.78, 5) is 27.6. The van der Waals surface area contributed by atoms with E-state index >= 15 is 0 Å². The quantitative estimate of drug-likeness (QED) is 0.805. The molecule has 0 aromatic carbocycles. The molecule has 19 heavy (non-hydrogen) atoms. The lowest BCUT2D eigenvalue weighted by Crippen LogP contribution is -2.45. The minimum atomic E-state index is -0.706. The number of pyridine rings is 1. The molecule has 0 aliphatic heterocycles. The van der Waals surface area contributed by atoms with Gasteiger partial charge in [0, 0.05) is 6.20 Å². The number of hydrogen-bond donors (Lipinski definition) is 1. The van der Waals surface area contributed by atoms with Crippen LogP contribution in [-0.2, 0) is 9.53 Å². The normalized spacial score (nSPS) is 11.8. The predicted molar refractivity (Wildman–Crippen MR) is 68.9 cm³/mol. The molecule has 1 rings (SSSR count). The number of hydrogen-bond acceptors (Lipinski definition) is 5. The Morgan fingerprint density at radius 3 is 2.53 bits per heavy atom. The molecular weight excluding hydrogens is 248 g/mol. The van der Waals surface area contributed by atoms with Gasteiger partial charge in [-0.1, -0.05) is 13.8 Å². The summed E-state index contributed by atoms with van der Waals surface area (Å²) in [7, 11) is 2.72. The van der Waals surface area contributed by atoms with E-state index in [1.54, 1.807) is 12.1 Å². The van der Waals surface area contributed by atoms with Crippen molar-refractivity contribution in [2.75, 3.05) is 14.2 Å². The lowest BCUT2D eigenvalue weighted by atomic mass is 10.0. The molecule has 1 heterocycles. The van der Waals surface area contributed by atoms with Crippen molar-refractivity contribution in [1.82, 2.24) is 10.3 Å². The Balaban J connectivity index is 2.91. The minimum Gasteiger partial charge on any atom is -0.480 e. The summed E-state index contributed by atoms with van der Waals surface area (Å²) in [6, 6.07) is 2.50. The standard InChI is InChI=1S/C13H18N2O4/c1-8(2)10(13(17)19-4)15-11(16)9-6-5-7-14-12(9)18-3/h5-8,10H,1-4H3,(H,15,16). The lowest BCUT2D eigenvalue weighted by Gasteiger charge is -2.20. The molecule has 0 saturated heterocycles. The van der Waals surface area contributed by atoms with Crippen molar-refractivity contribution in [2.45, 2.75) is 19.9 Å². The van der Waals surface area contributed by atoms with Gasteiger partial charge in [-0.2, -0.15) is 0 Å². The highest BCUT2D eigenvalue weighted by molar-refractivity contribution is 5.98. The second kappa shape index (κ2) is 6.72. The minimum absolute atomic E-state index is 0.0842. The number of aromatic nitrogens is 1. The van der Waals surface area contributed by atoms with E-state index in [-0.39, 0.29) is 17.4 Å². The van der Waals surface area contributed by atoms with Crippen molar-refractivity contribution in [3.05, 3.63) is 23.9 Å². The van der Waals surface area contributed by atoms with Crippen LogP contribution in [-0.4, -0.2) is 37.1 Å². The van der Waals surface area contributed by atoms with Crippen LogP contribution < -0.4 is 10.1 Å². The molecule has 0 bridgehead atoms. The van der Waals surface area contributed by atoms with Crippen molar-refractivity contribution in [2.24, 2.45) is 5.92 Å². The Kier molecular flexibility index (Phi) is 5.29. The monoisotopic (exact) mass is 266 g/mol. The van der Waals surface area contributed by atoms with Crippen LogP contribution in [0.1, 0.15) is 24.2 Å². The molecule has 0 aliphatic carbocycles. The van der Waals surface area contributed by atoms with E-state index in [9.17, 15) is 9.59 Å². The molecule has 1 aromatic rings. The third-order valence-corrected chi connectivity index (χ3v) is 2.62. The summed E-state index contributed by atoms with van der Waals surface area (Å²) < 4.78 is 9.67. The highest BCUT2D eigenvalue weighted by atomic mass is 16.5. The molecule has 0 fully saturated rings. The molecule has 1 N–H and O–H groups in total. The van der Waals surface area contributed by atoms with Crippen molar-refractivity contribution in [3.63, 3.8) is 0 Å². The third kappa shape index (κ3) is 3.67. The van der Waals surface area contributed by atoms with Crippen LogP contribution in [0.3, 0.4) is 0 Å². The Hall–Kier alpha value is -2.11. The maximum atomic E-state index is 12.1. The summed E-state index contributed by atoms with van der Waals surface area (Å²) in [5.74, 6) is -0.772. The molecule has 0 spiro atoms. The van der Waals surface area contributed by atoms with Gasteiger partial charge in [-0.15, -0.1) is 0 Å². The van der Waals surface area contributed by atoms with Crippen molar-refractivity contribution in [3.8, 4) is 5.88 Å². The molecule has 1 unspecified atom stereocenters. The summed E-state index contributed by atoms with van der Waals surface area (Å²) in [5.41, 5.74) is 0.277. The zero-order valence-corrected chi connectivity index (χ0v) is 11.5. The highest BCUT2D eigenvalue weighted by Crippen LogP contribution is 2.14. The number of ether oxygens (including phenoxy) is 2. The molecule has 104 valence electrons.